The van der Waals surface area contributed by atoms with Gasteiger partial charge in [0.05, 0.1) is 0 Å². The highest BCUT2D eigenvalue weighted by atomic mass is 35.5. The molecule has 1 aromatic carbocycles. The average molecular weight is 277 g/mol. The number of rotatable bonds is 6. The van der Waals surface area contributed by atoms with Crippen molar-refractivity contribution >= 4 is 28.9 Å². The Morgan fingerprint density at radius 2 is 1.84 bits per heavy atom. The van der Waals surface area contributed by atoms with E-state index in [1.54, 1.807) is 6.33 Å². The number of halogens is 1. The third-order valence-corrected chi connectivity index (χ3v) is 2.87. The maximum Gasteiger partial charge on any atom is 0.135 e. The lowest BCUT2D eigenvalue weighted by atomic mass is 10.3. The van der Waals surface area contributed by atoms with Crippen LogP contribution in [-0.4, -0.2) is 16.5 Å². The molecule has 0 radical (unpaired) electrons. The van der Waals surface area contributed by atoms with Gasteiger partial charge in [-0.2, -0.15) is 0 Å². The topological polar surface area (TPSA) is 49.8 Å². The van der Waals surface area contributed by atoms with E-state index in [9.17, 15) is 0 Å². The van der Waals surface area contributed by atoms with Gasteiger partial charge >= 0.3 is 0 Å². The summed E-state index contributed by atoms with van der Waals surface area (Å²) < 4.78 is 0. The number of anilines is 3. The monoisotopic (exact) mass is 276 g/mol. The zero-order valence-corrected chi connectivity index (χ0v) is 11.6. The summed E-state index contributed by atoms with van der Waals surface area (Å²) in [7, 11) is 0. The standard InChI is InChI=1S/C14H17ClN4/c1-2-3-8-16-13-9-14(18-10-17-13)19-12-6-4-11(15)5-7-12/h4-7,9-10H,2-3,8H2,1H3,(H2,16,17,18,19). The maximum absolute atomic E-state index is 5.85. The fourth-order valence-electron chi connectivity index (χ4n) is 1.60. The first-order valence-electron chi connectivity index (χ1n) is 6.36. The van der Waals surface area contributed by atoms with E-state index in [1.807, 2.05) is 30.3 Å². The Hall–Kier alpha value is -1.81. The summed E-state index contributed by atoms with van der Waals surface area (Å²) in [6.45, 7) is 3.09. The molecular formula is C14H17ClN4. The van der Waals surface area contributed by atoms with Crippen LogP contribution in [0.2, 0.25) is 5.02 Å². The zero-order chi connectivity index (χ0) is 13.5. The largest absolute Gasteiger partial charge is 0.370 e. The molecule has 1 aromatic heterocycles. The Balaban J connectivity index is 2.00. The fraction of sp³-hybridized carbons (Fsp3) is 0.286. The van der Waals surface area contributed by atoms with E-state index in [4.69, 9.17) is 11.6 Å². The summed E-state index contributed by atoms with van der Waals surface area (Å²) in [4.78, 5) is 8.37. The lowest BCUT2D eigenvalue weighted by Crippen LogP contribution is -2.04. The molecule has 0 aliphatic rings. The Kier molecular flexibility index (Phi) is 4.98. The van der Waals surface area contributed by atoms with Crippen LogP contribution in [0.3, 0.4) is 0 Å². The van der Waals surface area contributed by atoms with E-state index >= 15 is 0 Å². The highest BCUT2D eigenvalue weighted by Crippen LogP contribution is 2.18. The van der Waals surface area contributed by atoms with Gasteiger partial charge in [0.15, 0.2) is 0 Å². The van der Waals surface area contributed by atoms with Crippen LogP contribution >= 0.6 is 11.6 Å². The Bertz CT molecular complexity index is 513. The second kappa shape index (κ2) is 6.95. The van der Waals surface area contributed by atoms with Gasteiger partial charge < -0.3 is 10.6 Å². The smallest absolute Gasteiger partial charge is 0.135 e. The van der Waals surface area contributed by atoms with Crippen molar-refractivity contribution in [1.29, 1.82) is 0 Å². The highest BCUT2D eigenvalue weighted by Gasteiger charge is 1.99. The molecule has 1 heterocycles. The third kappa shape index (κ3) is 4.41. The number of hydrogen-bond acceptors (Lipinski definition) is 4. The number of unbranched alkanes of at least 4 members (excludes halogenated alkanes) is 1. The second-order valence-corrected chi connectivity index (χ2v) is 4.64. The predicted molar refractivity (Wildman–Crippen MR) is 80.2 cm³/mol. The van der Waals surface area contributed by atoms with Crippen LogP contribution in [0.1, 0.15) is 19.8 Å². The second-order valence-electron chi connectivity index (χ2n) is 4.20. The van der Waals surface area contributed by atoms with Gasteiger partial charge in [0.2, 0.25) is 0 Å². The number of hydrogen-bond donors (Lipinski definition) is 2. The van der Waals surface area contributed by atoms with Crippen LogP contribution in [0.15, 0.2) is 36.7 Å². The molecule has 0 aliphatic carbocycles. The van der Waals surface area contributed by atoms with Crippen molar-refractivity contribution in [3.05, 3.63) is 41.7 Å². The summed E-state index contributed by atoms with van der Waals surface area (Å²) in [6.07, 6.45) is 3.84. The number of nitrogens with zero attached hydrogens (tertiary/aromatic N) is 2. The molecule has 0 saturated heterocycles. The van der Waals surface area contributed by atoms with Crippen molar-refractivity contribution in [2.45, 2.75) is 19.8 Å². The van der Waals surface area contributed by atoms with Gasteiger partial charge in [-0.3, -0.25) is 0 Å². The van der Waals surface area contributed by atoms with E-state index < -0.39 is 0 Å². The van der Waals surface area contributed by atoms with E-state index in [2.05, 4.69) is 27.5 Å². The normalized spacial score (nSPS) is 10.2. The van der Waals surface area contributed by atoms with Gasteiger partial charge in [-0.25, -0.2) is 9.97 Å². The summed E-state index contributed by atoms with van der Waals surface area (Å²) in [6, 6.07) is 9.39. The van der Waals surface area contributed by atoms with Crippen LogP contribution in [0.4, 0.5) is 17.3 Å². The van der Waals surface area contributed by atoms with E-state index in [0.29, 0.717) is 0 Å². The Labute approximate surface area is 118 Å². The average Bonchev–Trinajstić information content (AvgIpc) is 2.42. The van der Waals surface area contributed by atoms with Crippen molar-refractivity contribution in [2.75, 3.05) is 17.2 Å². The molecule has 0 spiro atoms. The van der Waals surface area contributed by atoms with Crippen LogP contribution in [0.25, 0.3) is 0 Å². The molecule has 19 heavy (non-hydrogen) atoms. The molecule has 100 valence electrons. The Morgan fingerprint density at radius 1 is 1.11 bits per heavy atom. The lowest BCUT2D eigenvalue weighted by molar-refractivity contribution is 0.830. The molecule has 0 unspecified atom stereocenters. The van der Waals surface area contributed by atoms with Crippen molar-refractivity contribution in [3.8, 4) is 0 Å². The summed E-state index contributed by atoms with van der Waals surface area (Å²) in [5.74, 6) is 1.59. The summed E-state index contributed by atoms with van der Waals surface area (Å²) in [5.41, 5.74) is 0.947. The number of nitrogens with one attached hydrogen (secondary N) is 2. The Morgan fingerprint density at radius 3 is 2.58 bits per heavy atom. The molecule has 4 nitrogen and oxygen atoms in total. The number of benzene rings is 1. The van der Waals surface area contributed by atoms with E-state index in [-0.39, 0.29) is 0 Å². The van der Waals surface area contributed by atoms with Gasteiger partial charge in [0.25, 0.3) is 0 Å². The van der Waals surface area contributed by atoms with Crippen LogP contribution in [-0.2, 0) is 0 Å². The molecule has 2 aromatic rings. The quantitative estimate of drug-likeness (QED) is 0.781. The SMILES string of the molecule is CCCCNc1cc(Nc2ccc(Cl)cc2)ncn1. The first-order valence-corrected chi connectivity index (χ1v) is 6.74. The zero-order valence-electron chi connectivity index (χ0n) is 10.9. The summed E-state index contributed by atoms with van der Waals surface area (Å²) >= 11 is 5.85. The van der Waals surface area contributed by atoms with Crippen molar-refractivity contribution in [3.63, 3.8) is 0 Å². The molecule has 0 atom stereocenters. The molecule has 0 amide bonds. The number of aromatic nitrogens is 2. The highest BCUT2D eigenvalue weighted by molar-refractivity contribution is 6.30. The summed E-state index contributed by atoms with van der Waals surface area (Å²) in [5, 5.41) is 7.20. The van der Waals surface area contributed by atoms with Gasteiger partial charge in [-0.1, -0.05) is 24.9 Å². The first kappa shape index (κ1) is 13.6. The molecule has 0 saturated carbocycles. The molecular weight excluding hydrogens is 260 g/mol. The molecule has 0 bridgehead atoms. The first-order chi connectivity index (χ1) is 9.28. The molecule has 5 heteroatoms. The molecule has 2 N–H and O–H groups in total. The minimum atomic E-state index is 0.718. The maximum atomic E-state index is 5.85. The van der Waals surface area contributed by atoms with Gasteiger partial charge in [-0.15, -0.1) is 0 Å². The van der Waals surface area contributed by atoms with Crippen molar-refractivity contribution in [1.82, 2.24) is 9.97 Å². The fourth-order valence-corrected chi connectivity index (χ4v) is 1.72. The molecule has 0 aliphatic heterocycles. The van der Waals surface area contributed by atoms with Crippen molar-refractivity contribution in [2.24, 2.45) is 0 Å². The molecule has 2 rings (SSSR count). The van der Waals surface area contributed by atoms with Crippen LogP contribution < -0.4 is 10.6 Å². The van der Waals surface area contributed by atoms with Gasteiger partial charge in [0, 0.05) is 23.3 Å². The minimum absolute atomic E-state index is 0.718. The predicted octanol–water partition coefficient (Wildman–Crippen LogP) is 4.09. The minimum Gasteiger partial charge on any atom is -0.370 e. The van der Waals surface area contributed by atoms with E-state index in [0.717, 1.165) is 41.7 Å². The van der Waals surface area contributed by atoms with E-state index in [1.165, 1.54) is 0 Å². The molecule has 0 fully saturated rings. The lowest BCUT2D eigenvalue weighted by Gasteiger charge is -2.08. The van der Waals surface area contributed by atoms with Gasteiger partial charge in [0.1, 0.15) is 18.0 Å². The van der Waals surface area contributed by atoms with Crippen molar-refractivity contribution < 1.29 is 0 Å². The van der Waals surface area contributed by atoms with Gasteiger partial charge in [-0.05, 0) is 30.7 Å². The van der Waals surface area contributed by atoms with Crippen LogP contribution in [0, 0.1) is 0 Å². The third-order valence-electron chi connectivity index (χ3n) is 2.62. The van der Waals surface area contributed by atoms with Crippen LogP contribution in [0.5, 0.6) is 0 Å².